The Labute approximate surface area is 94.0 Å². The SMILES string of the molecule is CCc1cccc(NC(=O)NCC(N)=O)c1. The van der Waals surface area contributed by atoms with E-state index in [-0.39, 0.29) is 6.54 Å². The first kappa shape index (κ1) is 12.0. The zero-order chi connectivity index (χ0) is 12.0. The van der Waals surface area contributed by atoms with Crippen LogP contribution >= 0.6 is 0 Å². The van der Waals surface area contributed by atoms with Gasteiger partial charge < -0.3 is 16.4 Å². The van der Waals surface area contributed by atoms with E-state index in [9.17, 15) is 9.59 Å². The lowest BCUT2D eigenvalue weighted by Crippen LogP contribution is -2.36. The highest BCUT2D eigenvalue weighted by molar-refractivity contribution is 5.91. The molecule has 5 nitrogen and oxygen atoms in total. The summed E-state index contributed by atoms with van der Waals surface area (Å²) in [6.07, 6.45) is 0.901. The zero-order valence-corrected chi connectivity index (χ0v) is 9.12. The third-order valence-electron chi connectivity index (χ3n) is 2.02. The van der Waals surface area contributed by atoms with Gasteiger partial charge in [-0.25, -0.2) is 4.79 Å². The number of nitrogens with two attached hydrogens (primary N) is 1. The van der Waals surface area contributed by atoms with Crippen molar-refractivity contribution in [2.75, 3.05) is 11.9 Å². The molecule has 0 fully saturated rings. The van der Waals surface area contributed by atoms with Gasteiger partial charge in [0.05, 0.1) is 6.54 Å². The predicted molar refractivity (Wildman–Crippen MR) is 62.0 cm³/mol. The Hall–Kier alpha value is -2.04. The van der Waals surface area contributed by atoms with Gasteiger partial charge in [0.15, 0.2) is 0 Å². The summed E-state index contributed by atoms with van der Waals surface area (Å²) < 4.78 is 0. The lowest BCUT2D eigenvalue weighted by Gasteiger charge is -2.07. The fraction of sp³-hybridized carbons (Fsp3) is 0.273. The minimum atomic E-state index is -0.572. The van der Waals surface area contributed by atoms with Crippen molar-refractivity contribution in [2.45, 2.75) is 13.3 Å². The van der Waals surface area contributed by atoms with Crippen molar-refractivity contribution < 1.29 is 9.59 Å². The summed E-state index contributed by atoms with van der Waals surface area (Å²) in [5.74, 6) is -0.572. The van der Waals surface area contributed by atoms with Gasteiger partial charge in [-0.15, -0.1) is 0 Å². The van der Waals surface area contributed by atoms with Gasteiger partial charge in [-0.05, 0) is 24.1 Å². The molecule has 1 aromatic carbocycles. The summed E-state index contributed by atoms with van der Waals surface area (Å²) in [5.41, 5.74) is 6.73. The summed E-state index contributed by atoms with van der Waals surface area (Å²) >= 11 is 0. The average molecular weight is 221 g/mol. The minimum Gasteiger partial charge on any atom is -0.368 e. The Balaban J connectivity index is 2.52. The number of carbonyl (C=O) groups excluding carboxylic acids is 2. The van der Waals surface area contributed by atoms with Crippen LogP contribution in [0.2, 0.25) is 0 Å². The van der Waals surface area contributed by atoms with E-state index >= 15 is 0 Å². The number of benzene rings is 1. The molecule has 0 bridgehead atoms. The molecule has 1 rings (SSSR count). The molecule has 0 spiro atoms. The highest BCUT2D eigenvalue weighted by Gasteiger charge is 2.02. The molecule has 0 radical (unpaired) electrons. The topological polar surface area (TPSA) is 84.2 Å². The van der Waals surface area contributed by atoms with Gasteiger partial charge in [0.1, 0.15) is 0 Å². The maximum atomic E-state index is 11.3. The first-order valence-electron chi connectivity index (χ1n) is 5.04. The number of hydrogen-bond donors (Lipinski definition) is 3. The predicted octanol–water partition coefficient (Wildman–Crippen LogP) is 0.856. The average Bonchev–Trinajstić information content (AvgIpc) is 2.26. The van der Waals surface area contributed by atoms with E-state index in [1.807, 2.05) is 25.1 Å². The fourth-order valence-electron chi connectivity index (χ4n) is 1.21. The molecule has 86 valence electrons. The Morgan fingerprint density at radius 2 is 2.12 bits per heavy atom. The van der Waals surface area contributed by atoms with Crippen LogP contribution in [0.25, 0.3) is 0 Å². The minimum absolute atomic E-state index is 0.167. The second kappa shape index (κ2) is 5.75. The van der Waals surface area contributed by atoms with Crippen molar-refractivity contribution in [2.24, 2.45) is 5.73 Å². The summed E-state index contributed by atoms with van der Waals surface area (Å²) in [7, 11) is 0. The number of primary amides is 1. The fourth-order valence-corrected chi connectivity index (χ4v) is 1.21. The third kappa shape index (κ3) is 4.00. The second-order valence-electron chi connectivity index (χ2n) is 3.33. The highest BCUT2D eigenvalue weighted by atomic mass is 16.2. The van der Waals surface area contributed by atoms with E-state index in [1.165, 1.54) is 0 Å². The number of rotatable bonds is 4. The van der Waals surface area contributed by atoms with Gasteiger partial charge in [-0.2, -0.15) is 0 Å². The molecular weight excluding hydrogens is 206 g/mol. The van der Waals surface area contributed by atoms with Gasteiger partial charge in [0.2, 0.25) is 5.91 Å². The molecule has 1 aromatic rings. The molecule has 0 aliphatic carbocycles. The Kier molecular flexibility index (Phi) is 4.32. The maximum absolute atomic E-state index is 11.3. The largest absolute Gasteiger partial charge is 0.368 e. The molecule has 16 heavy (non-hydrogen) atoms. The van der Waals surface area contributed by atoms with Crippen LogP contribution in [0.5, 0.6) is 0 Å². The van der Waals surface area contributed by atoms with Crippen LogP contribution in [-0.4, -0.2) is 18.5 Å². The second-order valence-corrected chi connectivity index (χ2v) is 3.33. The van der Waals surface area contributed by atoms with Crippen LogP contribution in [0.15, 0.2) is 24.3 Å². The van der Waals surface area contributed by atoms with E-state index in [0.717, 1.165) is 12.0 Å². The van der Waals surface area contributed by atoms with Crippen molar-refractivity contribution in [1.29, 1.82) is 0 Å². The Morgan fingerprint density at radius 1 is 1.38 bits per heavy atom. The molecular formula is C11H15N3O2. The van der Waals surface area contributed by atoms with Crippen molar-refractivity contribution in [3.63, 3.8) is 0 Å². The van der Waals surface area contributed by atoms with Crippen LogP contribution in [0.4, 0.5) is 10.5 Å². The maximum Gasteiger partial charge on any atom is 0.319 e. The molecule has 0 atom stereocenters. The van der Waals surface area contributed by atoms with Crippen molar-refractivity contribution in [1.82, 2.24) is 5.32 Å². The Bertz CT molecular complexity index is 391. The van der Waals surface area contributed by atoms with Gasteiger partial charge in [0, 0.05) is 5.69 Å². The molecule has 0 unspecified atom stereocenters. The van der Waals surface area contributed by atoms with E-state index in [0.29, 0.717) is 5.69 Å². The first-order chi connectivity index (χ1) is 7.61. The molecule has 5 heteroatoms. The first-order valence-corrected chi connectivity index (χ1v) is 5.04. The molecule has 0 aliphatic rings. The van der Waals surface area contributed by atoms with E-state index in [1.54, 1.807) is 6.07 Å². The van der Waals surface area contributed by atoms with Crippen LogP contribution < -0.4 is 16.4 Å². The van der Waals surface area contributed by atoms with E-state index < -0.39 is 11.9 Å². The number of anilines is 1. The molecule has 0 aliphatic heterocycles. The van der Waals surface area contributed by atoms with Crippen molar-refractivity contribution in [3.8, 4) is 0 Å². The quantitative estimate of drug-likeness (QED) is 0.704. The number of urea groups is 1. The molecule has 3 amide bonds. The normalized spacial score (nSPS) is 9.56. The lowest BCUT2D eigenvalue weighted by atomic mass is 10.1. The summed E-state index contributed by atoms with van der Waals surface area (Å²) in [6.45, 7) is 1.87. The van der Waals surface area contributed by atoms with Gasteiger partial charge in [-0.3, -0.25) is 4.79 Å². The van der Waals surface area contributed by atoms with Gasteiger partial charge in [0.25, 0.3) is 0 Å². The van der Waals surface area contributed by atoms with Crippen LogP contribution in [0.3, 0.4) is 0 Å². The number of nitrogens with one attached hydrogen (secondary N) is 2. The van der Waals surface area contributed by atoms with Crippen molar-refractivity contribution in [3.05, 3.63) is 29.8 Å². The number of aryl methyl sites for hydroxylation is 1. The van der Waals surface area contributed by atoms with E-state index in [2.05, 4.69) is 10.6 Å². The molecule has 0 saturated heterocycles. The van der Waals surface area contributed by atoms with Gasteiger partial charge in [-0.1, -0.05) is 19.1 Å². The van der Waals surface area contributed by atoms with Crippen LogP contribution in [0, 0.1) is 0 Å². The number of amides is 3. The molecule has 0 aromatic heterocycles. The molecule has 4 N–H and O–H groups in total. The molecule has 0 heterocycles. The van der Waals surface area contributed by atoms with Gasteiger partial charge >= 0.3 is 6.03 Å². The number of carbonyl (C=O) groups is 2. The summed E-state index contributed by atoms with van der Waals surface area (Å²) in [4.78, 5) is 21.7. The lowest BCUT2D eigenvalue weighted by molar-refractivity contribution is -0.117. The third-order valence-corrected chi connectivity index (χ3v) is 2.02. The molecule has 0 saturated carbocycles. The standard InChI is InChI=1S/C11H15N3O2/c1-2-8-4-3-5-9(6-8)14-11(16)13-7-10(12)15/h3-6H,2,7H2,1H3,(H2,12,15)(H2,13,14,16). The monoisotopic (exact) mass is 221 g/mol. The summed E-state index contributed by atoms with van der Waals surface area (Å²) in [5, 5.41) is 4.96. The van der Waals surface area contributed by atoms with Crippen LogP contribution in [0.1, 0.15) is 12.5 Å². The Morgan fingerprint density at radius 3 is 2.75 bits per heavy atom. The highest BCUT2D eigenvalue weighted by Crippen LogP contribution is 2.10. The van der Waals surface area contributed by atoms with Crippen LogP contribution in [-0.2, 0) is 11.2 Å². The zero-order valence-electron chi connectivity index (χ0n) is 9.12. The summed E-state index contributed by atoms with van der Waals surface area (Å²) in [6, 6.07) is 7.06. The van der Waals surface area contributed by atoms with E-state index in [4.69, 9.17) is 5.73 Å². The number of hydrogen-bond acceptors (Lipinski definition) is 2. The van der Waals surface area contributed by atoms with Crippen molar-refractivity contribution >= 4 is 17.6 Å². The smallest absolute Gasteiger partial charge is 0.319 e.